The van der Waals surface area contributed by atoms with Crippen LogP contribution in [0.1, 0.15) is 36.8 Å². The highest BCUT2D eigenvalue weighted by atomic mass is 16.5. The number of para-hydroxylation sites is 1. The second-order valence-electron chi connectivity index (χ2n) is 8.08. The Morgan fingerprint density at radius 2 is 1.67 bits per heavy atom. The SMILES string of the molecule is CCOc1ccc(C(=O)N[C@H](C(=O)Nc2c(C)n(C)n(-c3ccccc3)c2=O)C(C)C)cc1. The van der Waals surface area contributed by atoms with Gasteiger partial charge in [-0.15, -0.1) is 0 Å². The van der Waals surface area contributed by atoms with Crippen LogP contribution >= 0.6 is 0 Å². The molecular weight excluding hydrogens is 420 g/mol. The fraction of sp³-hybridized carbons (Fsp3) is 0.320. The number of benzene rings is 2. The third-order valence-corrected chi connectivity index (χ3v) is 5.47. The Morgan fingerprint density at radius 1 is 1.03 bits per heavy atom. The summed E-state index contributed by atoms with van der Waals surface area (Å²) in [4.78, 5) is 39.0. The van der Waals surface area contributed by atoms with Crippen LogP contribution in [-0.2, 0) is 11.8 Å². The molecule has 2 N–H and O–H groups in total. The number of aromatic nitrogens is 2. The van der Waals surface area contributed by atoms with Crippen molar-refractivity contribution in [3.63, 3.8) is 0 Å². The molecule has 1 aromatic heterocycles. The van der Waals surface area contributed by atoms with Gasteiger partial charge in [0.15, 0.2) is 0 Å². The summed E-state index contributed by atoms with van der Waals surface area (Å²) >= 11 is 0. The molecule has 0 saturated heterocycles. The normalized spacial score (nSPS) is 11.8. The average Bonchev–Trinajstić information content (AvgIpc) is 3.01. The van der Waals surface area contributed by atoms with Crippen molar-refractivity contribution in [1.29, 1.82) is 0 Å². The largest absolute Gasteiger partial charge is 0.494 e. The fourth-order valence-electron chi connectivity index (χ4n) is 3.54. The average molecular weight is 451 g/mol. The molecule has 3 rings (SSSR count). The second kappa shape index (κ2) is 10.2. The van der Waals surface area contributed by atoms with Crippen LogP contribution in [0.5, 0.6) is 5.75 Å². The zero-order valence-electron chi connectivity index (χ0n) is 19.6. The third-order valence-electron chi connectivity index (χ3n) is 5.47. The van der Waals surface area contributed by atoms with E-state index in [9.17, 15) is 14.4 Å². The first-order valence-corrected chi connectivity index (χ1v) is 10.9. The topological polar surface area (TPSA) is 94.4 Å². The molecule has 2 aromatic carbocycles. The first-order valence-electron chi connectivity index (χ1n) is 10.9. The highest BCUT2D eigenvalue weighted by Crippen LogP contribution is 2.16. The minimum Gasteiger partial charge on any atom is -0.494 e. The van der Waals surface area contributed by atoms with Crippen molar-refractivity contribution in [3.05, 3.63) is 76.2 Å². The molecule has 0 aliphatic carbocycles. The summed E-state index contributed by atoms with van der Waals surface area (Å²) in [6.07, 6.45) is 0. The summed E-state index contributed by atoms with van der Waals surface area (Å²) in [5, 5.41) is 5.53. The van der Waals surface area contributed by atoms with Gasteiger partial charge < -0.3 is 15.4 Å². The Labute approximate surface area is 193 Å². The molecular formula is C25H30N4O4. The maximum atomic E-state index is 13.1. The van der Waals surface area contributed by atoms with Crippen molar-refractivity contribution < 1.29 is 14.3 Å². The maximum Gasteiger partial charge on any atom is 0.295 e. The number of carbonyl (C=O) groups excluding carboxylic acids is 2. The summed E-state index contributed by atoms with van der Waals surface area (Å²) in [7, 11) is 1.76. The van der Waals surface area contributed by atoms with Crippen LogP contribution in [0.4, 0.5) is 5.69 Å². The van der Waals surface area contributed by atoms with Crippen molar-refractivity contribution >= 4 is 17.5 Å². The zero-order chi connectivity index (χ0) is 24.1. The Balaban J connectivity index is 1.81. The molecule has 33 heavy (non-hydrogen) atoms. The van der Waals surface area contributed by atoms with Crippen LogP contribution in [0.15, 0.2) is 59.4 Å². The maximum absolute atomic E-state index is 13.1. The Bertz CT molecular complexity index is 1180. The van der Waals surface area contributed by atoms with E-state index in [4.69, 9.17) is 4.74 Å². The number of rotatable bonds is 8. The Hall–Kier alpha value is -3.81. The number of amides is 2. The predicted molar refractivity (Wildman–Crippen MR) is 128 cm³/mol. The molecule has 0 aliphatic heterocycles. The molecule has 174 valence electrons. The van der Waals surface area contributed by atoms with Crippen molar-refractivity contribution in [2.75, 3.05) is 11.9 Å². The molecule has 8 heteroatoms. The molecule has 0 radical (unpaired) electrons. The first kappa shape index (κ1) is 23.8. The third kappa shape index (κ3) is 5.16. The van der Waals surface area contributed by atoms with Crippen molar-refractivity contribution in [3.8, 4) is 11.4 Å². The molecule has 0 unspecified atom stereocenters. The van der Waals surface area contributed by atoms with Gasteiger partial charge in [-0.3, -0.25) is 19.1 Å². The lowest BCUT2D eigenvalue weighted by Crippen LogP contribution is -2.47. The first-order chi connectivity index (χ1) is 15.7. The lowest BCUT2D eigenvalue weighted by molar-refractivity contribution is -0.118. The molecule has 2 amide bonds. The number of anilines is 1. The number of ether oxygens (including phenoxy) is 1. The van der Waals surface area contributed by atoms with E-state index in [0.717, 1.165) is 0 Å². The molecule has 1 heterocycles. The molecule has 0 fully saturated rings. The lowest BCUT2D eigenvalue weighted by Gasteiger charge is -2.21. The van der Waals surface area contributed by atoms with Gasteiger partial charge >= 0.3 is 0 Å². The second-order valence-corrected chi connectivity index (χ2v) is 8.08. The van der Waals surface area contributed by atoms with Crippen molar-refractivity contribution in [2.24, 2.45) is 13.0 Å². The van der Waals surface area contributed by atoms with Crippen LogP contribution in [0.2, 0.25) is 0 Å². The predicted octanol–water partition coefficient (Wildman–Crippen LogP) is 3.28. The minimum atomic E-state index is -0.826. The van der Waals surface area contributed by atoms with Gasteiger partial charge in [0.2, 0.25) is 5.91 Å². The van der Waals surface area contributed by atoms with E-state index < -0.39 is 11.9 Å². The van der Waals surface area contributed by atoms with Gasteiger partial charge in [-0.05, 0) is 56.2 Å². The van der Waals surface area contributed by atoms with Crippen LogP contribution in [0.25, 0.3) is 5.69 Å². The number of nitrogens with one attached hydrogen (secondary N) is 2. The van der Waals surface area contributed by atoms with Crippen molar-refractivity contribution in [1.82, 2.24) is 14.7 Å². The molecule has 0 saturated carbocycles. The molecule has 1 atom stereocenters. The molecule has 3 aromatic rings. The molecule has 0 bridgehead atoms. The monoisotopic (exact) mass is 450 g/mol. The van der Waals surface area contributed by atoms with E-state index in [1.54, 1.807) is 42.9 Å². The lowest BCUT2D eigenvalue weighted by atomic mass is 10.0. The number of hydrogen-bond acceptors (Lipinski definition) is 4. The van der Waals surface area contributed by atoms with Gasteiger partial charge in [0.05, 0.1) is 18.0 Å². The van der Waals surface area contributed by atoms with Gasteiger partial charge in [0, 0.05) is 12.6 Å². The number of nitrogens with zero attached hydrogens (tertiary/aromatic N) is 2. The zero-order valence-corrected chi connectivity index (χ0v) is 19.6. The number of hydrogen-bond donors (Lipinski definition) is 2. The highest BCUT2D eigenvalue weighted by molar-refractivity contribution is 6.01. The summed E-state index contributed by atoms with van der Waals surface area (Å²) in [5.74, 6) is -0.354. The Kier molecular flexibility index (Phi) is 7.37. The molecule has 0 spiro atoms. The van der Waals surface area contributed by atoms with Crippen molar-refractivity contribution in [2.45, 2.75) is 33.7 Å². The van der Waals surface area contributed by atoms with Gasteiger partial charge in [-0.2, -0.15) is 0 Å². The summed E-state index contributed by atoms with van der Waals surface area (Å²) < 4.78 is 8.59. The van der Waals surface area contributed by atoms with E-state index in [0.29, 0.717) is 29.3 Å². The summed E-state index contributed by atoms with van der Waals surface area (Å²) in [6.45, 7) is 7.85. The minimum absolute atomic E-state index is 0.187. The summed E-state index contributed by atoms with van der Waals surface area (Å²) in [6, 6.07) is 15.1. The van der Waals surface area contributed by atoms with Crippen LogP contribution < -0.4 is 20.9 Å². The van der Waals surface area contributed by atoms with Crippen LogP contribution in [0, 0.1) is 12.8 Å². The number of carbonyl (C=O) groups is 2. The van der Waals surface area contributed by atoms with Crippen LogP contribution in [0.3, 0.4) is 0 Å². The van der Waals surface area contributed by atoms with E-state index in [-0.39, 0.29) is 23.1 Å². The van der Waals surface area contributed by atoms with Gasteiger partial charge in [0.1, 0.15) is 17.5 Å². The van der Waals surface area contributed by atoms with Gasteiger partial charge in [-0.25, -0.2) is 4.68 Å². The fourth-order valence-corrected chi connectivity index (χ4v) is 3.54. The van der Waals surface area contributed by atoms with E-state index in [2.05, 4.69) is 10.6 Å². The van der Waals surface area contributed by atoms with E-state index in [1.807, 2.05) is 51.1 Å². The van der Waals surface area contributed by atoms with Gasteiger partial charge in [-0.1, -0.05) is 32.0 Å². The summed E-state index contributed by atoms with van der Waals surface area (Å²) in [5.41, 5.74) is 1.57. The quantitative estimate of drug-likeness (QED) is 0.551. The smallest absolute Gasteiger partial charge is 0.295 e. The van der Waals surface area contributed by atoms with E-state index >= 15 is 0 Å². The Morgan fingerprint density at radius 3 is 2.24 bits per heavy atom. The standard InChI is InChI=1S/C25H30N4O4/c1-6-33-20-14-12-18(13-15-20)23(30)26-21(16(2)3)24(31)27-22-17(4)28(5)29(25(22)32)19-10-8-7-9-11-19/h7-16,21H,6H2,1-5H3,(H,26,30)(H,27,31)/t21-/m0/s1. The van der Waals surface area contributed by atoms with E-state index in [1.165, 1.54) is 4.68 Å². The molecule has 0 aliphatic rings. The molecule has 8 nitrogen and oxygen atoms in total. The van der Waals surface area contributed by atoms with Crippen LogP contribution in [-0.4, -0.2) is 33.8 Å². The highest BCUT2D eigenvalue weighted by Gasteiger charge is 2.27. The van der Waals surface area contributed by atoms with Gasteiger partial charge in [0.25, 0.3) is 11.5 Å².